The normalized spacial score (nSPS) is 12.2. The molecule has 0 saturated carbocycles. The van der Waals surface area contributed by atoms with Crippen molar-refractivity contribution in [3.05, 3.63) is 85.3 Å². The molecule has 1 N–H and O–H groups in total. The molecular weight excluding hydrogens is 375 g/mol. The minimum Gasteiger partial charge on any atom is -0.507 e. The molecule has 2 aromatic heterocycles. The van der Waals surface area contributed by atoms with Crippen molar-refractivity contribution in [2.45, 2.75) is 51.9 Å². The molecule has 0 amide bonds. The summed E-state index contributed by atoms with van der Waals surface area (Å²) in [6.45, 7) is 4.13. The number of thiophene rings is 1. The molecule has 148 valence electrons. The molecule has 3 rings (SSSR count). The summed E-state index contributed by atoms with van der Waals surface area (Å²) in [4.78, 5) is 14.9. The molecule has 3 nitrogen and oxygen atoms in total. The van der Waals surface area contributed by atoms with Crippen LogP contribution >= 0.6 is 11.3 Å². The van der Waals surface area contributed by atoms with Crippen molar-refractivity contribution in [3.63, 3.8) is 0 Å². The summed E-state index contributed by atoms with van der Waals surface area (Å²) in [7, 11) is 0. The molecule has 0 aliphatic carbocycles. The van der Waals surface area contributed by atoms with E-state index in [1.54, 1.807) is 29.5 Å². The third-order valence-corrected chi connectivity index (χ3v) is 6.05. The molecule has 2 heterocycles. The highest BCUT2D eigenvalue weighted by atomic mass is 32.1. The number of rotatable bonds is 8. The van der Waals surface area contributed by atoms with E-state index in [0.29, 0.717) is 24.2 Å². The molecular formula is C23H25FO3S. The van der Waals surface area contributed by atoms with Gasteiger partial charge in [-0.25, -0.2) is 9.18 Å². The first kappa shape index (κ1) is 20.3. The molecule has 0 aliphatic heterocycles. The Bertz CT molecular complexity index is 972. The molecule has 0 saturated heterocycles. The van der Waals surface area contributed by atoms with Crippen LogP contribution in [0.4, 0.5) is 4.39 Å². The average molecular weight is 401 g/mol. The minimum atomic E-state index is -0.488. The topological polar surface area (TPSA) is 50.4 Å². The molecule has 0 radical (unpaired) electrons. The predicted octanol–water partition coefficient (Wildman–Crippen LogP) is 5.83. The Labute approximate surface area is 168 Å². The zero-order chi connectivity index (χ0) is 20.1. The molecule has 1 aromatic carbocycles. The van der Waals surface area contributed by atoms with E-state index < -0.39 is 5.63 Å². The first-order valence-electron chi connectivity index (χ1n) is 9.68. The lowest BCUT2D eigenvalue weighted by Gasteiger charge is -2.15. The van der Waals surface area contributed by atoms with Gasteiger partial charge in [-0.1, -0.05) is 32.4 Å². The lowest BCUT2D eigenvalue weighted by atomic mass is 9.94. The number of aryl methyl sites for hydroxylation is 1. The Hall–Kier alpha value is -2.40. The van der Waals surface area contributed by atoms with Gasteiger partial charge in [0, 0.05) is 28.2 Å². The summed E-state index contributed by atoms with van der Waals surface area (Å²) in [5.41, 5.74) is 0.768. The van der Waals surface area contributed by atoms with Crippen molar-refractivity contribution in [3.8, 4) is 5.75 Å². The molecule has 1 atom stereocenters. The fourth-order valence-electron chi connectivity index (χ4n) is 3.31. The van der Waals surface area contributed by atoms with Crippen LogP contribution in [0.2, 0.25) is 0 Å². The van der Waals surface area contributed by atoms with Crippen LogP contribution in [0.1, 0.15) is 59.2 Å². The lowest BCUT2D eigenvalue weighted by molar-refractivity contribution is 0.387. The Morgan fingerprint density at radius 1 is 1.11 bits per heavy atom. The second-order valence-electron chi connectivity index (χ2n) is 7.03. The van der Waals surface area contributed by atoms with Gasteiger partial charge in [-0.05, 0) is 49.1 Å². The van der Waals surface area contributed by atoms with Gasteiger partial charge in [0.25, 0.3) is 0 Å². The maximum absolute atomic E-state index is 13.1. The lowest BCUT2D eigenvalue weighted by Crippen LogP contribution is -2.12. The van der Waals surface area contributed by atoms with Crippen molar-refractivity contribution < 1.29 is 13.9 Å². The Morgan fingerprint density at radius 2 is 1.82 bits per heavy atom. The molecule has 1 unspecified atom stereocenters. The van der Waals surface area contributed by atoms with Crippen LogP contribution in [-0.4, -0.2) is 5.11 Å². The van der Waals surface area contributed by atoms with E-state index >= 15 is 0 Å². The van der Waals surface area contributed by atoms with E-state index in [4.69, 9.17) is 4.42 Å². The Kier molecular flexibility index (Phi) is 6.68. The minimum absolute atomic E-state index is 0.0192. The van der Waals surface area contributed by atoms with Crippen LogP contribution in [0.3, 0.4) is 0 Å². The molecule has 0 bridgehead atoms. The van der Waals surface area contributed by atoms with Crippen LogP contribution in [0.5, 0.6) is 5.75 Å². The van der Waals surface area contributed by atoms with Gasteiger partial charge >= 0.3 is 5.63 Å². The van der Waals surface area contributed by atoms with Crippen molar-refractivity contribution >= 4 is 11.3 Å². The fourth-order valence-corrected chi connectivity index (χ4v) is 4.44. The number of hydrogen-bond acceptors (Lipinski definition) is 4. The van der Waals surface area contributed by atoms with Crippen molar-refractivity contribution in [1.82, 2.24) is 0 Å². The molecule has 3 aromatic rings. The van der Waals surface area contributed by atoms with Gasteiger partial charge < -0.3 is 9.52 Å². The zero-order valence-corrected chi connectivity index (χ0v) is 17.0. The summed E-state index contributed by atoms with van der Waals surface area (Å²) < 4.78 is 18.7. The summed E-state index contributed by atoms with van der Waals surface area (Å²) in [5, 5.41) is 10.5. The number of aromatic hydroxyl groups is 1. The quantitative estimate of drug-likeness (QED) is 0.518. The average Bonchev–Trinajstić information content (AvgIpc) is 3.11. The van der Waals surface area contributed by atoms with Crippen LogP contribution < -0.4 is 5.63 Å². The second kappa shape index (κ2) is 9.20. The van der Waals surface area contributed by atoms with Gasteiger partial charge in [0.1, 0.15) is 17.3 Å². The summed E-state index contributed by atoms with van der Waals surface area (Å²) >= 11 is 1.67. The SMILES string of the molecule is CCCc1ccc(Cc2c(O)cc(C(CC)Cc3ccc(F)cc3)oc2=O)s1. The summed E-state index contributed by atoms with van der Waals surface area (Å²) in [6, 6.07) is 12.0. The van der Waals surface area contributed by atoms with Gasteiger partial charge in [-0.15, -0.1) is 11.3 Å². The molecule has 0 spiro atoms. The molecule has 5 heteroatoms. The standard InChI is InChI=1S/C23H25FO3S/c1-3-5-18-10-11-19(28-18)13-20-21(25)14-22(27-23(20)26)16(4-2)12-15-6-8-17(24)9-7-15/h6-11,14,16,25H,3-5,12-13H2,1-2H3. The maximum atomic E-state index is 13.1. The van der Waals surface area contributed by atoms with Crippen molar-refractivity contribution in [2.75, 3.05) is 0 Å². The van der Waals surface area contributed by atoms with E-state index in [0.717, 1.165) is 29.7 Å². The third-order valence-electron chi connectivity index (χ3n) is 4.90. The number of benzene rings is 1. The van der Waals surface area contributed by atoms with Crippen LogP contribution in [0.15, 0.2) is 51.7 Å². The monoisotopic (exact) mass is 400 g/mol. The third kappa shape index (κ3) is 4.90. The first-order valence-corrected chi connectivity index (χ1v) is 10.5. The highest BCUT2D eigenvalue weighted by molar-refractivity contribution is 7.12. The highest BCUT2D eigenvalue weighted by Gasteiger charge is 2.19. The maximum Gasteiger partial charge on any atom is 0.343 e. The van der Waals surface area contributed by atoms with E-state index in [9.17, 15) is 14.3 Å². The second-order valence-corrected chi connectivity index (χ2v) is 8.28. The van der Waals surface area contributed by atoms with E-state index in [1.165, 1.54) is 17.0 Å². The summed E-state index contributed by atoms with van der Waals surface area (Å²) in [5.74, 6) is 0.113. The fraction of sp³-hybridized carbons (Fsp3) is 0.348. The van der Waals surface area contributed by atoms with E-state index in [-0.39, 0.29) is 17.5 Å². The van der Waals surface area contributed by atoms with Gasteiger partial charge in [-0.3, -0.25) is 0 Å². The predicted molar refractivity (Wildman–Crippen MR) is 111 cm³/mol. The smallest absolute Gasteiger partial charge is 0.343 e. The van der Waals surface area contributed by atoms with Crippen LogP contribution in [-0.2, 0) is 19.3 Å². The van der Waals surface area contributed by atoms with Crippen LogP contribution in [0, 0.1) is 5.82 Å². The molecule has 28 heavy (non-hydrogen) atoms. The molecule has 0 aliphatic rings. The van der Waals surface area contributed by atoms with Gasteiger partial charge in [-0.2, -0.15) is 0 Å². The number of hydrogen-bond donors (Lipinski definition) is 1. The van der Waals surface area contributed by atoms with Crippen molar-refractivity contribution in [2.24, 2.45) is 0 Å². The largest absolute Gasteiger partial charge is 0.507 e. The van der Waals surface area contributed by atoms with Gasteiger partial charge in [0.15, 0.2) is 0 Å². The Balaban J connectivity index is 1.81. The number of halogens is 1. The van der Waals surface area contributed by atoms with Crippen LogP contribution in [0.25, 0.3) is 0 Å². The Morgan fingerprint density at radius 3 is 2.46 bits per heavy atom. The summed E-state index contributed by atoms with van der Waals surface area (Å²) in [6.07, 6.45) is 3.83. The van der Waals surface area contributed by atoms with Gasteiger partial charge in [0.2, 0.25) is 0 Å². The highest BCUT2D eigenvalue weighted by Crippen LogP contribution is 2.29. The zero-order valence-electron chi connectivity index (χ0n) is 16.2. The van der Waals surface area contributed by atoms with Gasteiger partial charge in [0.05, 0.1) is 5.56 Å². The van der Waals surface area contributed by atoms with Crippen molar-refractivity contribution in [1.29, 1.82) is 0 Å². The first-order chi connectivity index (χ1) is 13.5. The van der Waals surface area contributed by atoms with E-state index in [1.807, 2.05) is 13.0 Å². The van der Waals surface area contributed by atoms with E-state index in [2.05, 4.69) is 13.0 Å². The molecule has 0 fully saturated rings.